The number of hydrogen-bond donors (Lipinski definition) is 0. The van der Waals surface area contributed by atoms with Crippen LogP contribution in [-0.4, -0.2) is 43.3 Å². The largest absolute Gasteiger partial charge is 0.497 e. The molecule has 0 saturated carbocycles. The van der Waals surface area contributed by atoms with Crippen molar-refractivity contribution in [2.24, 2.45) is 0 Å². The molecule has 1 saturated heterocycles. The molecule has 2 aromatic carbocycles. The van der Waals surface area contributed by atoms with Crippen molar-refractivity contribution in [3.63, 3.8) is 0 Å². The van der Waals surface area contributed by atoms with E-state index in [4.69, 9.17) is 15.0 Å². The number of benzene rings is 2. The predicted molar refractivity (Wildman–Crippen MR) is 110 cm³/mol. The molecule has 6 nitrogen and oxygen atoms in total. The monoisotopic (exact) mass is 371 g/mol. The Kier molecular flexibility index (Phi) is 5.07. The third-order valence-corrected chi connectivity index (χ3v) is 4.97. The summed E-state index contributed by atoms with van der Waals surface area (Å²) in [6.07, 6.45) is 3.58. The van der Waals surface area contributed by atoms with Gasteiger partial charge < -0.3 is 14.5 Å². The van der Waals surface area contributed by atoms with Gasteiger partial charge in [-0.3, -0.25) is 4.98 Å². The lowest BCUT2D eigenvalue weighted by molar-refractivity contribution is 0.415. The Morgan fingerprint density at radius 2 is 1.57 bits per heavy atom. The molecule has 0 N–H and O–H groups in total. The van der Waals surface area contributed by atoms with Gasteiger partial charge in [-0.2, -0.15) is 5.26 Å². The molecule has 0 aliphatic carbocycles. The van der Waals surface area contributed by atoms with Gasteiger partial charge in [0.15, 0.2) is 0 Å². The Morgan fingerprint density at radius 3 is 2.21 bits per heavy atom. The van der Waals surface area contributed by atoms with Gasteiger partial charge in [0.2, 0.25) is 0 Å². The number of anilines is 2. The van der Waals surface area contributed by atoms with Crippen LogP contribution in [0.2, 0.25) is 0 Å². The van der Waals surface area contributed by atoms with E-state index in [1.165, 1.54) is 5.69 Å². The molecule has 0 bridgehead atoms. The maximum absolute atomic E-state index is 8.95. The summed E-state index contributed by atoms with van der Waals surface area (Å²) in [5, 5.41) is 8.95. The minimum atomic E-state index is 0.641. The first kappa shape index (κ1) is 17.8. The van der Waals surface area contributed by atoms with Gasteiger partial charge in [0.25, 0.3) is 0 Å². The van der Waals surface area contributed by atoms with Crippen LogP contribution < -0.4 is 14.5 Å². The smallest absolute Gasteiger partial charge is 0.147 e. The van der Waals surface area contributed by atoms with Crippen LogP contribution in [-0.2, 0) is 0 Å². The minimum absolute atomic E-state index is 0.641. The van der Waals surface area contributed by atoms with Gasteiger partial charge in [0.1, 0.15) is 11.6 Å². The molecule has 4 rings (SSSR count). The molecular weight excluding hydrogens is 350 g/mol. The molecule has 0 unspecified atom stereocenters. The van der Waals surface area contributed by atoms with Crippen molar-refractivity contribution in [3.05, 3.63) is 66.5 Å². The molecule has 0 radical (unpaired) electrons. The average Bonchev–Trinajstić information content (AvgIpc) is 2.79. The molecule has 0 spiro atoms. The quantitative estimate of drug-likeness (QED) is 0.701. The number of rotatable bonds is 4. The van der Waals surface area contributed by atoms with Gasteiger partial charge in [-0.15, -0.1) is 0 Å². The van der Waals surface area contributed by atoms with Gasteiger partial charge in [-0.05, 0) is 36.4 Å². The van der Waals surface area contributed by atoms with E-state index in [0.717, 1.165) is 49.0 Å². The zero-order valence-electron chi connectivity index (χ0n) is 15.7. The van der Waals surface area contributed by atoms with Gasteiger partial charge >= 0.3 is 0 Å². The fraction of sp³-hybridized carbons (Fsp3) is 0.227. The minimum Gasteiger partial charge on any atom is -0.497 e. The van der Waals surface area contributed by atoms with Crippen molar-refractivity contribution in [1.29, 1.82) is 5.26 Å². The van der Waals surface area contributed by atoms with Crippen molar-refractivity contribution in [2.45, 2.75) is 0 Å². The van der Waals surface area contributed by atoms with Gasteiger partial charge in [0.05, 0.1) is 36.8 Å². The molecule has 0 amide bonds. The maximum atomic E-state index is 8.95. The number of methoxy groups -OCH3 is 1. The first-order valence-corrected chi connectivity index (χ1v) is 9.23. The van der Waals surface area contributed by atoms with Crippen molar-refractivity contribution < 1.29 is 4.74 Å². The first-order valence-electron chi connectivity index (χ1n) is 9.23. The van der Waals surface area contributed by atoms with Gasteiger partial charge in [-0.25, -0.2) is 4.98 Å². The third-order valence-electron chi connectivity index (χ3n) is 4.97. The molecule has 28 heavy (non-hydrogen) atoms. The van der Waals surface area contributed by atoms with Crippen molar-refractivity contribution >= 4 is 11.5 Å². The van der Waals surface area contributed by atoms with E-state index in [-0.39, 0.29) is 0 Å². The Bertz CT molecular complexity index is 971. The normalized spacial score (nSPS) is 13.9. The lowest BCUT2D eigenvalue weighted by Crippen LogP contribution is -2.46. The highest BCUT2D eigenvalue weighted by atomic mass is 16.5. The van der Waals surface area contributed by atoms with Crippen LogP contribution in [0.4, 0.5) is 11.5 Å². The summed E-state index contributed by atoms with van der Waals surface area (Å²) < 4.78 is 5.23. The summed E-state index contributed by atoms with van der Waals surface area (Å²) in [7, 11) is 1.68. The molecule has 6 heteroatoms. The van der Waals surface area contributed by atoms with E-state index in [0.29, 0.717) is 5.56 Å². The number of aromatic nitrogens is 2. The Hall–Kier alpha value is -3.59. The second-order valence-corrected chi connectivity index (χ2v) is 6.62. The van der Waals surface area contributed by atoms with E-state index in [1.54, 1.807) is 25.4 Å². The number of nitriles is 1. The van der Waals surface area contributed by atoms with E-state index in [9.17, 15) is 0 Å². The van der Waals surface area contributed by atoms with Crippen LogP contribution >= 0.6 is 0 Å². The molecular formula is C22H21N5O. The second kappa shape index (κ2) is 7.97. The van der Waals surface area contributed by atoms with Gasteiger partial charge in [-0.1, -0.05) is 12.1 Å². The van der Waals surface area contributed by atoms with E-state index < -0.39 is 0 Å². The standard InChI is InChI=1S/C22H21N5O/c1-28-20-8-6-19(7-9-20)26-10-12-27(13-11-26)22-16-24-15-21(25-22)18-4-2-17(14-23)3-5-18/h2-9,15-16H,10-13H2,1H3. The lowest BCUT2D eigenvalue weighted by Gasteiger charge is -2.36. The van der Waals surface area contributed by atoms with E-state index in [1.807, 2.05) is 30.5 Å². The molecule has 3 aromatic rings. The van der Waals surface area contributed by atoms with Crippen LogP contribution in [0.1, 0.15) is 5.56 Å². The summed E-state index contributed by atoms with van der Waals surface area (Å²) in [6.45, 7) is 3.62. The SMILES string of the molecule is COc1ccc(N2CCN(c3cncc(-c4ccc(C#N)cc4)n3)CC2)cc1. The molecule has 1 aromatic heterocycles. The molecule has 1 aliphatic heterocycles. The van der Waals surface area contributed by atoms with Crippen LogP contribution in [0.5, 0.6) is 5.75 Å². The van der Waals surface area contributed by atoms with Crippen LogP contribution in [0.3, 0.4) is 0 Å². The highest BCUT2D eigenvalue weighted by Crippen LogP contribution is 2.23. The zero-order valence-corrected chi connectivity index (χ0v) is 15.7. The predicted octanol–water partition coefficient (Wildman–Crippen LogP) is 3.35. The molecule has 1 aliphatic rings. The van der Waals surface area contributed by atoms with Crippen LogP contribution in [0.25, 0.3) is 11.3 Å². The highest BCUT2D eigenvalue weighted by Gasteiger charge is 2.19. The van der Waals surface area contributed by atoms with E-state index >= 15 is 0 Å². The van der Waals surface area contributed by atoms with Gasteiger partial charge in [0, 0.05) is 37.4 Å². The third kappa shape index (κ3) is 3.74. The molecule has 2 heterocycles. The summed E-state index contributed by atoms with van der Waals surface area (Å²) in [4.78, 5) is 13.8. The number of ether oxygens (including phenoxy) is 1. The topological polar surface area (TPSA) is 65.3 Å². The van der Waals surface area contributed by atoms with E-state index in [2.05, 4.69) is 33.0 Å². The van der Waals surface area contributed by atoms with Crippen molar-refractivity contribution in [3.8, 4) is 23.1 Å². The lowest BCUT2D eigenvalue weighted by atomic mass is 10.1. The summed E-state index contributed by atoms with van der Waals surface area (Å²) in [5.41, 5.74) is 3.63. The zero-order chi connectivity index (χ0) is 19.3. The number of hydrogen-bond acceptors (Lipinski definition) is 6. The number of nitrogens with zero attached hydrogens (tertiary/aromatic N) is 5. The van der Waals surface area contributed by atoms with Crippen LogP contribution in [0.15, 0.2) is 60.9 Å². The average molecular weight is 371 g/mol. The second-order valence-electron chi connectivity index (χ2n) is 6.62. The highest BCUT2D eigenvalue weighted by molar-refractivity contribution is 5.61. The number of piperazine rings is 1. The van der Waals surface area contributed by atoms with Crippen LogP contribution in [0, 0.1) is 11.3 Å². The van der Waals surface area contributed by atoms with Crippen molar-refractivity contribution in [1.82, 2.24) is 9.97 Å². The Balaban J connectivity index is 1.45. The van der Waals surface area contributed by atoms with Crippen molar-refractivity contribution in [2.75, 3.05) is 43.1 Å². The fourth-order valence-corrected chi connectivity index (χ4v) is 3.35. The summed E-state index contributed by atoms with van der Waals surface area (Å²) in [5.74, 6) is 1.76. The first-order chi connectivity index (χ1) is 13.8. The molecule has 1 fully saturated rings. The fourth-order valence-electron chi connectivity index (χ4n) is 3.35. The summed E-state index contributed by atoms with van der Waals surface area (Å²) in [6, 6.07) is 17.7. The maximum Gasteiger partial charge on any atom is 0.147 e. The Labute approximate surface area is 164 Å². The Morgan fingerprint density at radius 1 is 0.893 bits per heavy atom. The molecule has 0 atom stereocenters. The summed E-state index contributed by atoms with van der Waals surface area (Å²) >= 11 is 0. The molecule has 140 valence electrons.